The number of hydrogen-bond donors (Lipinski definition) is 1. The van der Waals surface area contributed by atoms with Crippen molar-refractivity contribution in [2.45, 2.75) is 18.7 Å². The summed E-state index contributed by atoms with van der Waals surface area (Å²) in [7, 11) is -0.703. The third-order valence-corrected chi connectivity index (χ3v) is 6.51. The molecule has 1 N–H and O–H groups in total. The van der Waals surface area contributed by atoms with Crippen LogP contribution in [0.3, 0.4) is 0 Å². The van der Waals surface area contributed by atoms with Crippen LogP contribution in [-0.4, -0.2) is 42.3 Å². The predicted octanol–water partition coefficient (Wildman–Crippen LogP) is 2.99. The van der Waals surface area contributed by atoms with E-state index >= 15 is 0 Å². The van der Waals surface area contributed by atoms with Crippen molar-refractivity contribution in [1.29, 1.82) is 0 Å². The monoisotopic (exact) mass is 398 g/mol. The van der Waals surface area contributed by atoms with Crippen LogP contribution in [0.25, 0.3) is 5.69 Å². The van der Waals surface area contributed by atoms with Crippen LogP contribution in [0.1, 0.15) is 21.5 Å². The smallest absolute Gasteiger partial charge is 0.255 e. The van der Waals surface area contributed by atoms with Gasteiger partial charge in [0.1, 0.15) is 0 Å². The zero-order valence-corrected chi connectivity index (χ0v) is 17.0. The molecule has 2 aromatic carbocycles. The number of anilines is 1. The number of amides is 1. The van der Waals surface area contributed by atoms with Gasteiger partial charge in [0.05, 0.1) is 11.2 Å². The van der Waals surface area contributed by atoms with Crippen molar-refractivity contribution in [2.24, 2.45) is 0 Å². The number of benzene rings is 2. The number of nitrogens with one attached hydrogen (secondary N) is 1. The first kappa shape index (κ1) is 19.8. The SMILES string of the molecule is Cc1cc(C(=O)Nc2ccc(-n3ccnc3)cc2)cc(S(=O)(=O)N(C)C)c1C. The van der Waals surface area contributed by atoms with Gasteiger partial charge in [0.25, 0.3) is 5.91 Å². The first-order valence-electron chi connectivity index (χ1n) is 8.63. The third kappa shape index (κ3) is 3.83. The molecule has 28 heavy (non-hydrogen) atoms. The van der Waals surface area contributed by atoms with Crippen molar-refractivity contribution in [3.8, 4) is 5.69 Å². The number of sulfonamides is 1. The van der Waals surface area contributed by atoms with E-state index in [0.717, 1.165) is 15.6 Å². The Hall–Kier alpha value is -2.97. The number of hydrogen-bond acceptors (Lipinski definition) is 4. The molecular formula is C20H22N4O3S. The van der Waals surface area contributed by atoms with Crippen molar-refractivity contribution >= 4 is 21.6 Å². The molecule has 8 heteroatoms. The molecular weight excluding hydrogens is 376 g/mol. The number of carbonyl (C=O) groups excluding carboxylic acids is 1. The summed E-state index contributed by atoms with van der Waals surface area (Å²) in [5.41, 5.74) is 3.20. The van der Waals surface area contributed by atoms with Crippen LogP contribution in [-0.2, 0) is 10.0 Å². The lowest BCUT2D eigenvalue weighted by Gasteiger charge is -2.16. The Morgan fingerprint density at radius 3 is 2.36 bits per heavy atom. The lowest BCUT2D eigenvalue weighted by molar-refractivity contribution is 0.102. The third-order valence-electron chi connectivity index (χ3n) is 4.57. The minimum absolute atomic E-state index is 0.137. The molecule has 0 bridgehead atoms. The highest BCUT2D eigenvalue weighted by molar-refractivity contribution is 7.89. The molecule has 3 aromatic rings. The first-order valence-corrected chi connectivity index (χ1v) is 10.1. The zero-order chi connectivity index (χ0) is 20.5. The standard InChI is InChI=1S/C20H22N4O3S/c1-14-11-16(12-19(15(14)2)28(26,27)23(3)4)20(25)22-17-5-7-18(8-6-17)24-10-9-21-13-24/h5-13H,1-4H3,(H,22,25). The van der Waals surface area contributed by atoms with Crippen LogP contribution in [0.5, 0.6) is 0 Å². The Kier molecular flexibility index (Phi) is 5.35. The number of nitrogens with zero attached hydrogens (tertiary/aromatic N) is 3. The van der Waals surface area contributed by atoms with Crippen molar-refractivity contribution in [3.05, 3.63) is 71.8 Å². The zero-order valence-electron chi connectivity index (χ0n) is 16.2. The van der Waals surface area contributed by atoms with Gasteiger partial charge in [-0.3, -0.25) is 4.79 Å². The van der Waals surface area contributed by atoms with Crippen molar-refractivity contribution < 1.29 is 13.2 Å². The Bertz CT molecular complexity index is 1100. The van der Waals surface area contributed by atoms with E-state index in [0.29, 0.717) is 16.8 Å². The van der Waals surface area contributed by atoms with E-state index < -0.39 is 10.0 Å². The maximum Gasteiger partial charge on any atom is 0.255 e. The fourth-order valence-corrected chi connectivity index (χ4v) is 3.97. The summed E-state index contributed by atoms with van der Waals surface area (Å²) in [6, 6.07) is 10.4. The Morgan fingerprint density at radius 2 is 1.79 bits per heavy atom. The van der Waals surface area contributed by atoms with E-state index in [1.165, 1.54) is 20.2 Å². The summed E-state index contributed by atoms with van der Waals surface area (Å²) in [4.78, 5) is 16.8. The highest BCUT2D eigenvalue weighted by atomic mass is 32.2. The lowest BCUT2D eigenvalue weighted by atomic mass is 10.1. The average Bonchev–Trinajstić information content (AvgIpc) is 3.18. The summed E-state index contributed by atoms with van der Waals surface area (Å²) in [5, 5.41) is 2.81. The van der Waals surface area contributed by atoms with Crippen LogP contribution >= 0.6 is 0 Å². The van der Waals surface area contributed by atoms with Gasteiger partial charge >= 0.3 is 0 Å². The van der Waals surface area contributed by atoms with Gasteiger partial charge in [0.15, 0.2) is 0 Å². The molecule has 0 aliphatic rings. The van der Waals surface area contributed by atoms with E-state index in [9.17, 15) is 13.2 Å². The van der Waals surface area contributed by atoms with Gasteiger partial charge in [-0.1, -0.05) is 0 Å². The Balaban J connectivity index is 1.88. The van der Waals surface area contributed by atoms with Gasteiger partial charge in [-0.25, -0.2) is 17.7 Å². The predicted molar refractivity (Wildman–Crippen MR) is 108 cm³/mol. The van der Waals surface area contributed by atoms with E-state index in [1.807, 2.05) is 22.9 Å². The topological polar surface area (TPSA) is 84.3 Å². The number of carbonyl (C=O) groups is 1. The van der Waals surface area contributed by atoms with Crippen LogP contribution in [0, 0.1) is 13.8 Å². The van der Waals surface area contributed by atoms with Gasteiger partial charge in [-0.15, -0.1) is 0 Å². The highest BCUT2D eigenvalue weighted by Crippen LogP contribution is 2.24. The second kappa shape index (κ2) is 7.57. The molecule has 1 aromatic heterocycles. The fourth-order valence-electron chi connectivity index (χ4n) is 2.75. The molecule has 0 atom stereocenters. The van der Waals surface area contributed by atoms with Crippen molar-refractivity contribution in [2.75, 3.05) is 19.4 Å². The molecule has 0 unspecified atom stereocenters. The molecule has 0 aliphatic carbocycles. The summed E-state index contributed by atoms with van der Waals surface area (Å²) in [6.45, 7) is 3.53. The van der Waals surface area contributed by atoms with E-state index in [4.69, 9.17) is 0 Å². The van der Waals surface area contributed by atoms with E-state index in [1.54, 1.807) is 44.6 Å². The molecule has 0 saturated carbocycles. The first-order chi connectivity index (χ1) is 13.2. The summed E-state index contributed by atoms with van der Waals surface area (Å²) < 4.78 is 28.1. The van der Waals surface area contributed by atoms with Crippen LogP contribution in [0.4, 0.5) is 5.69 Å². The number of imidazole rings is 1. The van der Waals surface area contributed by atoms with Gasteiger partial charge in [-0.2, -0.15) is 0 Å². The molecule has 7 nitrogen and oxygen atoms in total. The molecule has 1 heterocycles. The van der Waals surface area contributed by atoms with Crippen molar-refractivity contribution in [1.82, 2.24) is 13.9 Å². The molecule has 0 fully saturated rings. The molecule has 0 saturated heterocycles. The fraction of sp³-hybridized carbons (Fsp3) is 0.200. The molecule has 0 spiro atoms. The van der Waals surface area contributed by atoms with Crippen LogP contribution < -0.4 is 5.32 Å². The highest BCUT2D eigenvalue weighted by Gasteiger charge is 2.23. The van der Waals surface area contributed by atoms with Gasteiger partial charge in [-0.05, 0) is 61.4 Å². The number of rotatable bonds is 5. The molecule has 0 aliphatic heterocycles. The molecule has 3 rings (SSSR count). The maximum absolute atomic E-state index is 12.7. The largest absolute Gasteiger partial charge is 0.322 e. The minimum atomic E-state index is -3.65. The second-order valence-corrected chi connectivity index (χ2v) is 8.79. The molecule has 1 amide bonds. The molecule has 146 valence electrons. The quantitative estimate of drug-likeness (QED) is 0.716. The van der Waals surface area contributed by atoms with Crippen LogP contribution in [0.15, 0.2) is 60.0 Å². The number of aryl methyl sites for hydroxylation is 1. The second-order valence-electron chi connectivity index (χ2n) is 6.67. The van der Waals surface area contributed by atoms with Crippen molar-refractivity contribution in [3.63, 3.8) is 0 Å². The summed E-state index contributed by atoms with van der Waals surface area (Å²) in [6.07, 6.45) is 5.21. The van der Waals surface area contributed by atoms with Gasteiger partial charge in [0, 0.05) is 43.4 Å². The summed E-state index contributed by atoms with van der Waals surface area (Å²) >= 11 is 0. The number of aromatic nitrogens is 2. The van der Waals surface area contributed by atoms with E-state index in [-0.39, 0.29) is 10.8 Å². The Morgan fingerprint density at radius 1 is 1.11 bits per heavy atom. The molecule has 0 radical (unpaired) electrons. The van der Waals surface area contributed by atoms with Gasteiger partial charge < -0.3 is 9.88 Å². The average molecular weight is 398 g/mol. The normalized spacial score (nSPS) is 11.6. The van der Waals surface area contributed by atoms with Gasteiger partial charge in [0.2, 0.25) is 10.0 Å². The maximum atomic E-state index is 12.7. The lowest BCUT2D eigenvalue weighted by Crippen LogP contribution is -2.24. The van der Waals surface area contributed by atoms with E-state index in [2.05, 4.69) is 10.3 Å². The summed E-state index contributed by atoms with van der Waals surface area (Å²) in [5.74, 6) is -0.367. The van der Waals surface area contributed by atoms with Crippen LogP contribution in [0.2, 0.25) is 0 Å². The Labute approximate surface area is 164 Å². The minimum Gasteiger partial charge on any atom is -0.322 e.